The predicted molar refractivity (Wildman–Crippen MR) is 65.8 cm³/mol. The molecule has 1 saturated heterocycles. The van der Waals surface area contributed by atoms with E-state index in [0.717, 1.165) is 25.9 Å². The summed E-state index contributed by atoms with van der Waals surface area (Å²) in [6, 6.07) is 9.02. The lowest BCUT2D eigenvalue weighted by Crippen LogP contribution is -2.36. The Balaban J connectivity index is 2.07. The van der Waals surface area contributed by atoms with Gasteiger partial charge in [-0.3, -0.25) is 9.59 Å². The van der Waals surface area contributed by atoms with Crippen LogP contribution in [0.5, 0.6) is 0 Å². The summed E-state index contributed by atoms with van der Waals surface area (Å²) in [5.41, 5.74) is 0.618. The van der Waals surface area contributed by atoms with Crippen molar-refractivity contribution in [3.8, 4) is 0 Å². The van der Waals surface area contributed by atoms with E-state index in [9.17, 15) is 9.59 Å². The molecule has 1 aromatic rings. The number of amides is 1. The number of likely N-dealkylation sites (tertiary alicyclic amines) is 1. The van der Waals surface area contributed by atoms with E-state index in [4.69, 9.17) is 0 Å². The lowest BCUT2D eigenvalue weighted by molar-refractivity contribution is -0.132. The van der Waals surface area contributed by atoms with Crippen molar-refractivity contribution in [2.24, 2.45) is 5.92 Å². The van der Waals surface area contributed by atoms with Crippen LogP contribution in [0.4, 0.5) is 0 Å². The fourth-order valence-electron chi connectivity index (χ4n) is 2.18. The predicted octanol–water partition coefficient (Wildman–Crippen LogP) is 2.13. The van der Waals surface area contributed by atoms with Gasteiger partial charge in [0.05, 0.1) is 5.92 Å². The fraction of sp³-hybridized carbons (Fsp3) is 0.429. The van der Waals surface area contributed by atoms with Crippen LogP contribution < -0.4 is 0 Å². The standard InChI is InChI=1S/C14H17NO2/c1-11(14(17)15-9-5-6-10-15)13(16)12-7-3-2-4-8-12/h2-4,7-8,11H,5-6,9-10H2,1H3. The molecule has 1 aliphatic rings. The molecule has 3 nitrogen and oxygen atoms in total. The molecule has 90 valence electrons. The summed E-state index contributed by atoms with van der Waals surface area (Å²) in [5, 5.41) is 0. The number of nitrogens with zero attached hydrogens (tertiary/aromatic N) is 1. The average molecular weight is 231 g/mol. The molecule has 0 aromatic heterocycles. The highest BCUT2D eigenvalue weighted by atomic mass is 16.2. The molecule has 0 saturated carbocycles. The van der Waals surface area contributed by atoms with Gasteiger partial charge in [-0.1, -0.05) is 30.3 Å². The summed E-state index contributed by atoms with van der Waals surface area (Å²) < 4.78 is 0. The zero-order valence-corrected chi connectivity index (χ0v) is 10.1. The maximum absolute atomic E-state index is 12.1. The second-order valence-corrected chi connectivity index (χ2v) is 4.48. The van der Waals surface area contributed by atoms with Crippen LogP contribution in [0.1, 0.15) is 30.1 Å². The van der Waals surface area contributed by atoms with Gasteiger partial charge >= 0.3 is 0 Å². The van der Waals surface area contributed by atoms with Crippen LogP contribution in [0, 0.1) is 5.92 Å². The highest BCUT2D eigenvalue weighted by molar-refractivity contribution is 6.09. The molecule has 1 aliphatic heterocycles. The molecular formula is C14H17NO2. The van der Waals surface area contributed by atoms with E-state index in [2.05, 4.69) is 0 Å². The Morgan fingerprint density at radius 1 is 1.12 bits per heavy atom. The third-order valence-electron chi connectivity index (χ3n) is 3.24. The Morgan fingerprint density at radius 3 is 2.29 bits per heavy atom. The molecule has 1 atom stereocenters. The minimum atomic E-state index is -0.560. The van der Waals surface area contributed by atoms with Crippen LogP contribution in [-0.2, 0) is 4.79 Å². The number of carbonyl (C=O) groups is 2. The lowest BCUT2D eigenvalue weighted by Gasteiger charge is -2.19. The largest absolute Gasteiger partial charge is 0.342 e. The van der Waals surface area contributed by atoms with Gasteiger partial charge in [-0.25, -0.2) is 0 Å². The first-order valence-electron chi connectivity index (χ1n) is 6.08. The third-order valence-corrected chi connectivity index (χ3v) is 3.24. The van der Waals surface area contributed by atoms with Crippen molar-refractivity contribution in [3.05, 3.63) is 35.9 Å². The highest BCUT2D eigenvalue weighted by Crippen LogP contribution is 2.15. The van der Waals surface area contributed by atoms with Crippen molar-refractivity contribution in [2.45, 2.75) is 19.8 Å². The molecule has 1 fully saturated rings. The smallest absolute Gasteiger partial charge is 0.233 e. The lowest BCUT2D eigenvalue weighted by atomic mass is 9.98. The molecule has 2 rings (SSSR count). The molecule has 1 amide bonds. The molecular weight excluding hydrogens is 214 g/mol. The molecule has 1 unspecified atom stereocenters. The van der Waals surface area contributed by atoms with Crippen molar-refractivity contribution in [1.82, 2.24) is 4.90 Å². The van der Waals surface area contributed by atoms with E-state index in [1.165, 1.54) is 0 Å². The minimum Gasteiger partial charge on any atom is -0.342 e. The first-order valence-corrected chi connectivity index (χ1v) is 6.08. The van der Waals surface area contributed by atoms with Gasteiger partial charge < -0.3 is 4.90 Å². The summed E-state index contributed by atoms with van der Waals surface area (Å²) in [5.74, 6) is -0.672. The first kappa shape index (κ1) is 11.8. The summed E-state index contributed by atoms with van der Waals surface area (Å²) in [7, 11) is 0. The number of hydrogen-bond acceptors (Lipinski definition) is 2. The topological polar surface area (TPSA) is 37.4 Å². The zero-order valence-electron chi connectivity index (χ0n) is 10.1. The van der Waals surface area contributed by atoms with E-state index in [1.807, 2.05) is 18.2 Å². The Bertz CT molecular complexity index is 407. The zero-order chi connectivity index (χ0) is 12.3. The number of hydrogen-bond donors (Lipinski definition) is 0. The Kier molecular flexibility index (Phi) is 3.57. The molecule has 1 heterocycles. The van der Waals surface area contributed by atoms with E-state index in [0.29, 0.717) is 5.56 Å². The van der Waals surface area contributed by atoms with E-state index in [1.54, 1.807) is 24.0 Å². The van der Waals surface area contributed by atoms with Crippen molar-refractivity contribution in [1.29, 1.82) is 0 Å². The monoisotopic (exact) mass is 231 g/mol. The van der Waals surface area contributed by atoms with Gasteiger partial charge in [0.1, 0.15) is 0 Å². The van der Waals surface area contributed by atoms with Gasteiger partial charge in [0.15, 0.2) is 5.78 Å². The van der Waals surface area contributed by atoms with Crippen molar-refractivity contribution in [3.63, 3.8) is 0 Å². The Morgan fingerprint density at radius 2 is 1.71 bits per heavy atom. The molecule has 0 spiro atoms. The number of ketones is 1. The van der Waals surface area contributed by atoms with Crippen LogP contribution >= 0.6 is 0 Å². The van der Waals surface area contributed by atoms with Crippen molar-refractivity contribution < 1.29 is 9.59 Å². The van der Waals surface area contributed by atoms with Crippen molar-refractivity contribution in [2.75, 3.05) is 13.1 Å². The fourth-order valence-corrected chi connectivity index (χ4v) is 2.18. The van der Waals surface area contributed by atoms with Gasteiger partial charge in [-0.05, 0) is 19.8 Å². The SMILES string of the molecule is CC(C(=O)c1ccccc1)C(=O)N1CCCC1. The molecule has 1 aromatic carbocycles. The summed E-state index contributed by atoms with van der Waals surface area (Å²) in [6.07, 6.45) is 2.11. The molecule has 17 heavy (non-hydrogen) atoms. The van der Waals surface area contributed by atoms with Gasteiger partial charge in [0.2, 0.25) is 5.91 Å². The second kappa shape index (κ2) is 5.13. The number of Topliss-reactive ketones (excluding diaryl/α,β-unsaturated/α-hetero) is 1. The van der Waals surface area contributed by atoms with Crippen LogP contribution in [0.25, 0.3) is 0 Å². The van der Waals surface area contributed by atoms with Crippen LogP contribution in [0.15, 0.2) is 30.3 Å². The second-order valence-electron chi connectivity index (χ2n) is 4.48. The highest BCUT2D eigenvalue weighted by Gasteiger charge is 2.28. The molecule has 0 aliphatic carbocycles. The Labute approximate surface area is 101 Å². The average Bonchev–Trinajstić information content (AvgIpc) is 2.91. The van der Waals surface area contributed by atoms with Gasteiger partial charge in [0, 0.05) is 18.7 Å². The number of carbonyl (C=O) groups excluding carboxylic acids is 2. The first-order chi connectivity index (χ1) is 8.20. The molecule has 0 bridgehead atoms. The van der Waals surface area contributed by atoms with Crippen molar-refractivity contribution >= 4 is 11.7 Å². The maximum atomic E-state index is 12.1. The summed E-state index contributed by atoms with van der Waals surface area (Å²) >= 11 is 0. The van der Waals surface area contributed by atoms with Gasteiger partial charge in [0.25, 0.3) is 0 Å². The van der Waals surface area contributed by atoms with Crippen LogP contribution in [-0.4, -0.2) is 29.7 Å². The Hall–Kier alpha value is -1.64. The van der Waals surface area contributed by atoms with E-state index < -0.39 is 5.92 Å². The minimum absolute atomic E-state index is 0.0312. The quantitative estimate of drug-likeness (QED) is 0.590. The van der Waals surface area contributed by atoms with Crippen LogP contribution in [0.3, 0.4) is 0 Å². The number of rotatable bonds is 3. The van der Waals surface area contributed by atoms with E-state index in [-0.39, 0.29) is 11.7 Å². The van der Waals surface area contributed by atoms with Crippen LogP contribution in [0.2, 0.25) is 0 Å². The molecule has 3 heteroatoms. The summed E-state index contributed by atoms with van der Waals surface area (Å²) in [4.78, 5) is 26.0. The molecule has 0 radical (unpaired) electrons. The normalized spacial score (nSPS) is 16.9. The van der Waals surface area contributed by atoms with Gasteiger partial charge in [-0.2, -0.15) is 0 Å². The number of benzene rings is 1. The summed E-state index contributed by atoms with van der Waals surface area (Å²) in [6.45, 7) is 3.30. The van der Waals surface area contributed by atoms with E-state index >= 15 is 0 Å². The maximum Gasteiger partial charge on any atom is 0.233 e. The third kappa shape index (κ3) is 2.54. The molecule has 0 N–H and O–H groups in total. The van der Waals surface area contributed by atoms with Gasteiger partial charge in [-0.15, -0.1) is 0 Å².